The van der Waals surface area contributed by atoms with Crippen LogP contribution in [0.1, 0.15) is 52.7 Å². The molecule has 1 saturated heterocycles. The Hall–Kier alpha value is -3.62. The number of carbonyl (C=O) groups excluding carboxylic acids is 1. The number of carbonyl (C=O) groups is 1. The minimum absolute atomic E-state index is 0.0154. The van der Waals surface area contributed by atoms with Gasteiger partial charge in [0.2, 0.25) is 0 Å². The van der Waals surface area contributed by atoms with Gasteiger partial charge in [0.1, 0.15) is 11.6 Å². The number of aromatic nitrogens is 2. The molecular weight excluding hydrogens is 552 g/mol. The number of pyridine rings is 2. The van der Waals surface area contributed by atoms with Crippen LogP contribution in [0.5, 0.6) is 0 Å². The summed E-state index contributed by atoms with van der Waals surface area (Å²) in [5, 5.41) is 6.47. The standard InChI is InChI=1S/C35H46N6OS/c1-9-30(43-33(24(2)3)35(5,6)7)34(42)38-22-28-11-10-26(20-25(28)4)27-14-15-36-32(21-27)39-31-13-12-29(23-37-31)41-18-16-40(8)17-19-41/h9-15,20-21,23H,16-19,22H2,1-8H3,(H,38,42)(H,36,37,39)/b30-9-. The molecule has 3 heterocycles. The molecule has 1 aliphatic rings. The SMILES string of the molecule is C/C=C(\SC(=C(C)C)C(C)(C)C)C(=O)NCc1ccc(-c2ccnc(Nc3ccc(N4CCN(C)CC4)cn3)c2)cc1C. The van der Waals surface area contributed by atoms with Gasteiger partial charge in [-0.3, -0.25) is 4.79 Å². The van der Waals surface area contributed by atoms with Gasteiger partial charge in [-0.25, -0.2) is 9.97 Å². The number of thioether (sulfide) groups is 1. The Morgan fingerprint density at radius 2 is 1.70 bits per heavy atom. The Morgan fingerprint density at radius 3 is 2.30 bits per heavy atom. The van der Waals surface area contributed by atoms with Gasteiger partial charge in [-0.1, -0.05) is 62.4 Å². The lowest BCUT2D eigenvalue weighted by Crippen LogP contribution is -2.44. The van der Waals surface area contributed by atoms with E-state index in [1.54, 1.807) is 11.8 Å². The predicted octanol–water partition coefficient (Wildman–Crippen LogP) is 7.54. The number of anilines is 3. The maximum absolute atomic E-state index is 13.1. The highest BCUT2D eigenvalue weighted by atomic mass is 32.2. The predicted molar refractivity (Wildman–Crippen MR) is 183 cm³/mol. The summed E-state index contributed by atoms with van der Waals surface area (Å²) >= 11 is 1.57. The maximum Gasteiger partial charge on any atom is 0.257 e. The first-order valence-electron chi connectivity index (χ1n) is 15.0. The molecule has 0 aliphatic carbocycles. The first kappa shape index (κ1) is 32.3. The van der Waals surface area contributed by atoms with Gasteiger partial charge in [0.15, 0.2) is 0 Å². The fourth-order valence-corrected chi connectivity index (χ4v) is 6.22. The zero-order valence-electron chi connectivity index (χ0n) is 26.9. The van der Waals surface area contributed by atoms with Crippen molar-refractivity contribution in [1.29, 1.82) is 0 Å². The van der Waals surface area contributed by atoms with Crippen LogP contribution < -0.4 is 15.5 Å². The first-order valence-corrected chi connectivity index (χ1v) is 15.8. The fraction of sp³-hybridized carbons (Fsp3) is 0.400. The van der Waals surface area contributed by atoms with Crippen molar-refractivity contribution in [2.45, 2.75) is 55.0 Å². The highest BCUT2D eigenvalue weighted by molar-refractivity contribution is 8.07. The van der Waals surface area contributed by atoms with E-state index in [0.29, 0.717) is 6.54 Å². The number of piperazine rings is 1. The van der Waals surface area contributed by atoms with E-state index in [1.165, 1.54) is 10.5 Å². The molecule has 0 spiro atoms. The normalized spacial score (nSPS) is 14.4. The topological polar surface area (TPSA) is 73.4 Å². The largest absolute Gasteiger partial charge is 0.368 e. The zero-order chi connectivity index (χ0) is 31.1. The second-order valence-electron chi connectivity index (χ2n) is 12.4. The molecule has 228 valence electrons. The van der Waals surface area contributed by atoms with Crippen LogP contribution in [0.25, 0.3) is 11.1 Å². The van der Waals surface area contributed by atoms with Crippen LogP contribution in [0.15, 0.2) is 76.3 Å². The quantitative estimate of drug-likeness (QED) is 0.247. The zero-order valence-corrected chi connectivity index (χ0v) is 27.7. The summed E-state index contributed by atoms with van der Waals surface area (Å²) in [5.74, 6) is 1.46. The van der Waals surface area contributed by atoms with Crippen molar-refractivity contribution in [2.75, 3.05) is 43.4 Å². The number of likely N-dealkylation sites (N-methyl/N-ethyl adjacent to an activating group) is 1. The van der Waals surface area contributed by atoms with Crippen molar-refractivity contribution in [1.82, 2.24) is 20.2 Å². The van der Waals surface area contributed by atoms with E-state index < -0.39 is 0 Å². The molecule has 3 aromatic rings. The Labute approximate surface area is 261 Å². The smallest absolute Gasteiger partial charge is 0.257 e. The molecule has 43 heavy (non-hydrogen) atoms. The molecule has 2 N–H and O–H groups in total. The molecule has 1 amide bonds. The summed E-state index contributed by atoms with van der Waals surface area (Å²) in [6, 6.07) is 14.5. The first-order chi connectivity index (χ1) is 20.4. The van der Waals surface area contributed by atoms with Crippen LogP contribution in [0.4, 0.5) is 17.3 Å². The maximum atomic E-state index is 13.1. The van der Waals surface area contributed by atoms with Gasteiger partial charge >= 0.3 is 0 Å². The molecular formula is C35H46N6OS. The molecule has 2 aromatic heterocycles. The molecule has 1 aromatic carbocycles. The van der Waals surface area contributed by atoms with E-state index >= 15 is 0 Å². The number of hydrogen-bond donors (Lipinski definition) is 2. The Bertz CT molecular complexity index is 1480. The molecule has 1 fully saturated rings. The van der Waals surface area contributed by atoms with Crippen LogP contribution in [-0.4, -0.2) is 54.0 Å². The summed E-state index contributed by atoms with van der Waals surface area (Å²) in [6.07, 6.45) is 5.65. The number of nitrogens with zero attached hydrogens (tertiary/aromatic N) is 4. The van der Waals surface area contributed by atoms with Gasteiger partial charge in [0.25, 0.3) is 5.91 Å². The van der Waals surface area contributed by atoms with Crippen molar-refractivity contribution in [2.24, 2.45) is 5.41 Å². The molecule has 8 heteroatoms. The van der Waals surface area contributed by atoms with Crippen molar-refractivity contribution >= 4 is 35.0 Å². The van der Waals surface area contributed by atoms with Crippen molar-refractivity contribution in [3.05, 3.63) is 87.4 Å². The van der Waals surface area contributed by atoms with Crippen LogP contribution in [-0.2, 0) is 11.3 Å². The average molecular weight is 599 g/mol. The third-order valence-electron chi connectivity index (χ3n) is 7.58. The van der Waals surface area contributed by atoms with Crippen LogP contribution >= 0.6 is 11.8 Å². The van der Waals surface area contributed by atoms with Crippen molar-refractivity contribution in [3.63, 3.8) is 0 Å². The number of nitrogens with one attached hydrogen (secondary N) is 2. The summed E-state index contributed by atoms with van der Waals surface area (Å²) in [5.41, 5.74) is 6.75. The molecule has 0 unspecified atom stereocenters. The molecule has 0 atom stereocenters. The van der Waals surface area contributed by atoms with E-state index in [-0.39, 0.29) is 11.3 Å². The summed E-state index contributed by atoms with van der Waals surface area (Å²) < 4.78 is 0. The Kier molecular flexibility index (Phi) is 10.7. The molecule has 1 aliphatic heterocycles. The average Bonchev–Trinajstić information content (AvgIpc) is 2.97. The second-order valence-corrected chi connectivity index (χ2v) is 13.5. The Balaban J connectivity index is 1.38. The van der Waals surface area contributed by atoms with Crippen molar-refractivity contribution < 1.29 is 4.79 Å². The van der Waals surface area contributed by atoms with E-state index in [9.17, 15) is 4.79 Å². The van der Waals surface area contributed by atoms with Gasteiger partial charge in [-0.15, -0.1) is 0 Å². The fourth-order valence-electron chi connectivity index (χ4n) is 5.21. The van der Waals surface area contributed by atoms with Crippen LogP contribution in [0.3, 0.4) is 0 Å². The third-order valence-corrected chi connectivity index (χ3v) is 9.45. The van der Waals surface area contributed by atoms with Crippen LogP contribution in [0.2, 0.25) is 0 Å². The molecule has 4 rings (SSSR count). The third kappa shape index (κ3) is 8.71. The van der Waals surface area contributed by atoms with Gasteiger partial charge in [0, 0.05) is 38.9 Å². The second kappa shape index (κ2) is 14.2. The number of hydrogen-bond acceptors (Lipinski definition) is 7. The lowest BCUT2D eigenvalue weighted by atomic mass is 9.94. The molecule has 7 nitrogen and oxygen atoms in total. The molecule has 0 radical (unpaired) electrons. The van der Waals surface area contributed by atoms with Gasteiger partial charge in [-0.05, 0) is 91.6 Å². The van der Waals surface area contributed by atoms with E-state index in [1.807, 2.05) is 43.6 Å². The summed E-state index contributed by atoms with van der Waals surface area (Å²) in [4.78, 5) is 28.9. The van der Waals surface area contributed by atoms with Gasteiger partial charge < -0.3 is 20.4 Å². The number of allylic oxidation sites excluding steroid dienone is 3. The van der Waals surface area contributed by atoms with E-state index in [4.69, 9.17) is 0 Å². The van der Waals surface area contributed by atoms with Crippen LogP contribution in [0, 0.1) is 12.3 Å². The summed E-state index contributed by atoms with van der Waals surface area (Å²) in [6.45, 7) is 19.4. The van der Waals surface area contributed by atoms with Crippen molar-refractivity contribution in [3.8, 4) is 11.1 Å². The van der Waals surface area contributed by atoms with E-state index in [0.717, 1.165) is 70.7 Å². The molecule has 0 saturated carbocycles. The lowest BCUT2D eigenvalue weighted by molar-refractivity contribution is -0.116. The summed E-state index contributed by atoms with van der Waals surface area (Å²) in [7, 11) is 2.16. The number of amides is 1. The molecule has 0 bridgehead atoms. The number of aryl methyl sites for hydroxylation is 1. The highest BCUT2D eigenvalue weighted by Gasteiger charge is 2.23. The monoisotopic (exact) mass is 598 g/mol. The van der Waals surface area contributed by atoms with Gasteiger partial charge in [-0.2, -0.15) is 0 Å². The lowest BCUT2D eigenvalue weighted by Gasteiger charge is -2.33. The highest BCUT2D eigenvalue weighted by Crippen LogP contribution is 2.41. The van der Waals surface area contributed by atoms with Gasteiger partial charge in [0.05, 0.1) is 16.8 Å². The van der Waals surface area contributed by atoms with E-state index in [2.05, 4.69) is 103 Å². The number of rotatable bonds is 9. The minimum Gasteiger partial charge on any atom is -0.368 e. The number of benzene rings is 1. The Morgan fingerprint density at radius 1 is 0.977 bits per heavy atom. The minimum atomic E-state index is -0.0472.